The Morgan fingerprint density at radius 1 is 1.29 bits per heavy atom. The fourth-order valence-electron chi connectivity index (χ4n) is 1.30. The first-order chi connectivity index (χ1) is 7.79. The molecule has 0 aliphatic carbocycles. The highest BCUT2D eigenvalue weighted by Gasteiger charge is 2.26. The lowest BCUT2D eigenvalue weighted by molar-refractivity contribution is -0.135. The number of rotatable bonds is 4. The normalized spacial score (nSPS) is 11.6. The molecule has 0 saturated heterocycles. The van der Waals surface area contributed by atoms with Gasteiger partial charge in [0.05, 0.1) is 0 Å². The van der Waals surface area contributed by atoms with Crippen LogP contribution in [0.15, 0.2) is 22.7 Å². The van der Waals surface area contributed by atoms with Crippen LogP contribution in [0.3, 0.4) is 0 Å². The summed E-state index contributed by atoms with van der Waals surface area (Å²) in [6.45, 7) is 0. The lowest BCUT2D eigenvalue weighted by atomic mass is 10.1. The van der Waals surface area contributed by atoms with E-state index in [0.717, 1.165) is 12.1 Å². The minimum absolute atomic E-state index is 0.0761. The topological polar surface area (TPSA) is 17.1 Å². The number of Topliss-reactive ketones (excluding diaryl/α,β-unsaturated/α-hetero) is 1. The van der Waals surface area contributed by atoms with Crippen LogP contribution in [0.2, 0.25) is 0 Å². The monoisotopic (exact) mass is 312 g/mol. The maximum atomic E-state index is 12.9. The number of halogens is 5. The molecule has 0 saturated carbocycles. The van der Waals surface area contributed by atoms with Crippen molar-refractivity contribution in [3.8, 4) is 0 Å². The summed E-state index contributed by atoms with van der Waals surface area (Å²) in [5.74, 6) is -1.09. The van der Waals surface area contributed by atoms with E-state index in [1.165, 1.54) is 6.07 Å². The number of benzene rings is 1. The van der Waals surface area contributed by atoms with Crippen molar-refractivity contribution in [3.63, 3.8) is 0 Å². The summed E-state index contributed by atoms with van der Waals surface area (Å²) < 4.78 is 48.9. The third kappa shape index (κ3) is 4.85. The molecule has 0 aromatic heterocycles. The molecule has 1 aromatic rings. The highest BCUT2D eigenvalue weighted by atomic mass is 79.9. The second-order valence-corrected chi connectivity index (χ2v) is 4.37. The number of alkyl halides is 3. The first-order valence-electron chi connectivity index (χ1n) is 4.84. The van der Waals surface area contributed by atoms with Gasteiger partial charge in [0.25, 0.3) is 0 Å². The SMILES string of the molecule is O=C(CCCC(F)(F)F)c1cc(F)ccc1Br. The molecule has 0 spiro atoms. The van der Waals surface area contributed by atoms with E-state index in [1.54, 1.807) is 0 Å². The molecule has 1 nitrogen and oxygen atoms in total. The second kappa shape index (κ2) is 5.62. The van der Waals surface area contributed by atoms with Gasteiger partial charge >= 0.3 is 6.18 Å². The van der Waals surface area contributed by atoms with Gasteiger partial charge in [-0.05, 0) is 24.6 Å². The smallest absolute Gasteiger partial charge is 0.294 e. The maximum Gasteiger partial charge on any atom is 0.389 e. The van der Waals surface area contributed by atoms with E-state index in [0.29, 0.717) is 4.47 Å². The van der Waals surface area contributed by atoms with E-state index in [2.05, 4.69) is 15.9 Å². The molecule has 1 rings (SSSR count). The molecule has 0 bridgehead atoms. The average molecular weight is 313 g/mol. The van der Waals surface area contributed by atoms with Crippen molar-refractivity contribution < 1.29 is 22.4 Å². The van der Waals surface area contributed by atoms with Gasteiger partial charge in [-0.2, -0.15) is 13.2 Å². The van der Waals surface area contributed by atoms with E-state index in [-0.39, 0.29) is 18.4 Å². The molecule has 6 heteroatoms. The maximum absolute atomic E-state index is 12.9. The average Bonchev–Trinajstić information content (AvgIpc) is 2.19. The Bertz CT molecular complexity index is 414. The molecule has 0 aliphatic rings. The van der Waals surface area contributed by atoms with Gasteiger partial charge in [-0.3, -0.25) is 4.79 Å². The van der Waals surface area contributed by atoms with Crippen LogP contribution in [0.4, 0.5) is 17.6 Å². The predicted octanol–water partition coefficient (Wildman–Crippen LogP) is 4.50. The molecule has 17 heavy (non-hydrogen) atoms. The van der Waals surface area contributed by atoms with E-state index in [1.807, 2.05) is 0 Å². The van der Waals surface area contributed by atoms with Crippen LogP contribution < -0.4 is 0 Å². The van der Waals surface area contributed by atoms with Crippen molar-refractivity contribution in [3.05, 3.63) is 34.1 Å². The summed E-state index contributed by atoms with van der Waals surface area (Å²) in [5.41, 5.74) is 0.0761. The zero-order valence-corrected chi connectivity index (χ0v) is 10.2. The van der Waals surface area contributed by atoms with Crippen molar-refractivity contribution in [2.75, 3.05) is 0 Å². The second-order valence-electron chi connectivity index (χ2n) is 3.52. The predicted molar refractivity (Wildman–Crippen MR) is 58.3 cm³/mol. The van der Waals surface area contributed by atoms with Gasteiger partial charge in [-0.1, -0.05) is 15.9 Å². The third-order valence-electron chi connectivity index (χ3n) is 2.09. The molecule has 0 amide bonds. The van der Waals surface area contributed by atoms with Gasteiger partial charge < -0.3 is 0 Å². The third-order valence-corrected chi connectivity index (χ3v) is 2.78. The van der Waals surface area contributed by atoms with Gasteiger partial charge in [-0.15, -0.1) is 0 Å². The summed E-state index contributed by atoms with van der Waals surface area (Å²) >= 11 is 3.05. The summed E-state index contributed by atoms with van der Waals surface area (Å²) in [6, 6.07) is 3.53. The first-order valence-corrected chi connectivity index (χ1v) is 5.64. The zero-order chi connectivity index (χ0) is 13.1. The Morgan fingerprint density at radius 3 is 2.53 bits per heavy atom. The molecule has 0 N–H and O–H groups in total. The van der Waals surface area contributed by atoms with E-state index in [4.69, 9.17) is 0 Å². The van der Waals surface area contributed by atoms with Crippen LogP contribution in [0.5, 0.6) is 0 Å². The molecule has 0 fully saturated rings. The Hall–Kier alpha value is -0.910. The van der Waals surface area contributed by atoms with E-state index in [9.17, 15) is 22.4 Å². The first kappa shape index (κ1) is 14.2. The minimum Gasteiger partial charge on any atom is -0.294 e. The number of hydrogen-bond donors (Lipinski definition) is 0. The van der Waals surface area contributed by atoms with Crippen molar-refractivity contribution in [1.29, 1.82) is 0 Å². The van der Waals surface area contributed by atoms with Crippen LogP contribution in [0.1, 0.15) is 29.6 Å². The Kier molecular flexibility index (Phi) is 4.68. The Balaban J connectivity index is 2.61. The quantitative estimate of drug-likeness (QED) is 0.591. The lowest BCUT2D eigenvalue weighted by Crippen LogP contribution is -2.09. The highest BCUT2D eigenvalue weighted by Crippen LogP contribution is 2.24. The van der Waals surface area contributed by atoms with Crippen molar-refractivity contribution in [1.82, 2.24) is 0 Å². The molecule has 94 valence electrons. The van der Waals surface area contributed by atoms with Gasteiger partial charge in [0, 0.05) is 22.9 Å². The molecule has 0 atom stereocenters. The Labute approximate surface area is 104 Å². The molecular weight excluding hydrogens is 304 g/mol. The van der Waals surface area contributed by atoms with Crippen LogP contribution >= 0.6 is 15.9 Å². The summed E-state index contributed by atoms with van der Waals surface area (Å²) in [7, 11) is 0. The van der Waals surface area contributed by atoms with Crippen molar-refractivity contribution in [2.45, 2.75) is 25.4 Å². The number of ketones is 1. The molecule has 0 heterocycles. The molecular formula is C11H9BrF4O. The van der Waals surface area contributed by atoms with Crippen LogP contribution in [-0.2, 0) is 0 Å². The fraction of sp³-hybridized carbons (Fsp3) is 0.364. The van der Waals surface area contributed by atoms with Crippen molar-refractivity contribution >= 4 is 21.7 Å². The molecule has 1 aromatic carbocycles. The largest absolute Gasteiger partial charge is 0.389 e. The van der Waals surface area contributed by atoms with E-state index < -0.39 is 24.2 Å². The highest BCUT2D eigenvalue weighted by molar-refractivity contribution is 9.10. The van der Waals surface area contributed by atoms with Crippen LogP contribution in [0.25, 0.3) is 0 Å². The molecule has 0 aliphatic heterocycles. The number of carbonyl (C=O) groups excluding carboxylic acids is 1. The van der Waals surface area contributed by atoms with E-state index >= 15 is 0 Å². The van der Waals surface area contributed by atoms with Crippen molar-refractivity contribution in [2.24, 2.45) is 0 Å². The van der Waals surface area contributed by atoms with Gasteiger partial charge in [-0.25, -0.2) is 4.39 Å². The fourth-order valence-corrected chi connectivity index (χ4v) is 1.76. The van der Waals surface area contributed by atoms with Gasteiger partial charge in [0.2, 0.25) is 0 Å². The molecule has 0 unspecified atom stereocenters. The number of hydrogen-bond acceptors (Lipinski definition) is 1. The standard InChI is InChI=1S/C11H9BrF4O/c12-9-4-3-7(13)6-8(9)10(17)2-1-5-11(14,15)16/h3-4,6H,1-2,5H2. The minimum atomic E-state index is -4.26. The van der Waals surface area contributed by atoms with Crippen LogP contribution in [0, 0.1) is 5.82 Å². The zero-order valence-electron chi connectivity index (χ0n) is 8.65. The van der Waals surface area contributed by atoms with Crippen LogP contribution in [-0.4, -0.2) is 12.0 Å². The number of carbonyl (C=O) groups is 1. The molecule has 0 radical (unpaired) electrons. The summed E-state index contributed by atoms with van der Waals surface area (Å²) in [5, 5.41) is 0. The van der Waals surface area contributed by atoms with Gasteiger partial charge in [0.1, 0.15) is 5.82 Å². The summed E-state index contributed by atoms with van der Waals surface area (Å²) in [4.78, 5) is 11.5. The Morgan fingerprint density at radius 2 is 1.94 bits per heavy atom. The lowest BCUT2D eigenvalue weighted by Gasteiger charge is -2.06. The van der Waals surface area contributed by atoms with Gasteiger partial charge in [0.15, 0.2) is 5.78 Å². The summed E-state index contributed by atoms with van der Waals surface area (Å²) in [6.07, 6.45) is -5.81.